The molecule has 6 heteroatoms. The van der Waals surface area contributed by atoms with Crippen LogP contribution in [-0.2, 0) is 10.0 Å². The van der Waals surface area contributed by atoms with Crippen molar-refractivity contribution in [2.75, 3.05) is 7.05 Å². The van der Waals surface area contributed by atoms with E-state index in [9.17, 15) is 13.7 Å². The topological polar surface area (TPSA) is 74.1 Å². The first kappa shape index (κ1) is 14.9. The molecule has 2 aromatic rings. The molecule has 1 heterocycles. The fourth-order valence-electron chi connectivity index (χ4n) is 2.75. The number of aromatic nitrogens is 1. The van der Waals surface area contributed by atoms with Crippen molar-refractivity contribution >= 4 is 20.9 Å². The van der Waals surface area contributed by atoms with Crippen LogP contribution in [-0.4, -0.2) is 30.3 Å². The van der Waals surface area contributed by atoms with Gasteiger partial charge in [-0.1, -0.05) is 18.2 Å². The Morgan fingerprint density at radius 2 is 2.00 bits per heavy atom. The molecule has 3 rings (SSSR count). The van der Waals surface area contributed by atoms with Crippen LogP contribution in [0.4, 0.5) is 0 Å². The van der Waals surface area contributed by atoms with Gasteiger partial charge in [-0.15, -0.1) is 0 Å². The number of pyridine rings is 1. The molecule has 114 valence electrons. The number of rotatable bonds is 4. The van der Waals surface area contributed by atoms with Crippen LogP contribution in [0.1, 0.15) is 19.8 Å². The normalized spacial score (nSPS) is 18.1. The number of benzene rings is 1. The van der Waals surface area contributed by atoms with Gasteiger partial charge in [0.1, 0.15) is 10.4 Å². The van der Waals surface area contributed by atoms with Gasteiger partial charge < -0.3 is 0 Å². The van der Waals surface area contributed by atoms with Crippen molar-refractivity contribution in [3.05, 3.63) is 36.5 Å². The maximum atomic E-state index is 13.0. The van der Waals surface area contributed by atoms with Gasteiger partial charge in [-0.25, -0.2) is 8.42 Å². The highest BCUT2D eigenvalue weighted by atomic mass is 32.2. The summed E-state index contributed by atoms with van der Waals surface area (Å²) in [5.74, 6) is 0.0974. The molecule has 1 aromatic heterocycles. The van der Waals surface area contributed by atoms with Crippen molar-refractivity contribution in [2.45, 2.75) is 30.2 Å². The molecule has 0 amide bonds. The fourth-order valence-corrected chi connectivity index (χ4v) is 4.40. The van der Waals surface area contributed by atoms with Crippen LogP contribution >= 0.6 is 0 Å². The monoisotopic (exact) mass is 315 g/mol. The van der Waals surface area contributed by atoms with Gasteiger partial charge in [0.25, 0.3) is 0 Å². The number of para-hydroxylation sites is 1. The number of hydrogen-bond donors (Lipinski definition) is 0. The molecule has 0 N–H and O–H groups in total. The Labute approximate surface area is 130 Å². The van der Waals surface area contributed by atoms with Crippen molar-refractivity contribution in [3.8, 4) is 6.07 Å². The molecule has 0 aliphatic heterocycles. The molecule has 1 aromatic carbocycles. The van der Waals surface area contributed by atoms with E-state index in [2.05, 4.69) is 11.1 Å². The van der Waals surface area contributed by atoms with E-state index in [0.717, 1.165) is 18.2 Å². The van der Waals surface area contributed by atoms with Crippen molar-refractivity contribution in [1.29, 1.82) is 5.26 Å². The zero-order chi connectivity index (χ0) is 16.0. The minimum Gasteiger partial charge on any atom is -0.255 e. The highest BCUT2D eigenvalue weighted by molar-refractivity contribution is 7.89. The third kappa shape index (κ3) is 2.18. The van der Waals surface area contributed by atoms with E-state index >= 15 is 0 Å². The molecule has 22 heavy (non-hydrogen) atoms. The lowest BCUT2D eigenvalue weighted by Gasteiger charge is -2.32. The largest absolute Gasteiger partial charge is 0.255 e. The molecule has 0 bridgehead atoms. The summed E-state index contributed by atoms with van der Waals surface area (Å²) in [5.41, 5.74) is -0.580. The maximum absolute atomic E-state index is 13.0. The van der Waals surface area contributed by atoms with Crippen molar-refractivity contribution < 1.29 is 8.42 Å². The summed E-state index contributed by atoms with van der Waals surface area (Å²) in [6, 6.07) is 10.9. The minimum absolute atomic E-state index is 0.0974. The second kappa shape index (κ2) is 5.04. The summed E-state index contributed by atoms with van der Waals surface area (Å²) in [6.45, 7) is 1.70. The summed E-state index contributed by atoms with van der Waals surface area (Å²) in [4.78, 5) is 4.36. The van der Waals surface area contributed by atoms with E-state index in [1.807, 2.05) is 12.1 Å². The zero-order valence-electron chi connectivity index (χ0n) is 12.5. The van der Waals surface area contributed by atoms with Crippen LogP contribution in [0.2, 0.25) is 0 Å². The zero-order valence-corrected chi connectivity index (χ0v) is 13.3. The molecule has 0 radical (unpaired) electrons. The molecule has 1 aliphatic rings. The van der Waals surface area contributed by atoms with Gasteiger partial charge >= 0.3 is 0 Å². The van der Waals surface area contributed by atoms with Crippen LogP contribution in [0.3, 0.4) is 0 Å². The SMILES string of the molecule is CN([C@@](C)(C#N)C1CC1)S(=O)(=O)c1cccc2cccnc12. The summed E-state index contributed by atoms with van der Waals surface area (Å²) >= 11 is 0. The number of hydrogen-bond acceptors (Lipinski definition) is 4. The number of nitriles is 1. The molecule has 0 spiro atoms. The Kier molecular flexibility index (Phi) is 3.42. The average molecular weight is 315 g/mol. The van der Waals surface area contributed by atoms with Gasteiger partial charge in [-0.3, -0.25) is 4.98 Å². The van der Waals surface area contributed by atoms with Gasteiger partial charge in [-0.2, -0.15) is 9.57 Å². The number of sulfonamides is 1. The molecule has 0 saturated heterocycles. The Morgan fingerprint density at radius 3 is 2.64 bits per heavy atom. The molecule has 1 fully saturated rings. The van der Waals surface area contributed by atoms with Gasteiger partial charge in [0, 0.05) is 18.6 Å². The Hall–Kier alpha value is -1.97. The smallest absolute Gasteiger partial charge is 0.246 e. The Morgan fingerprint density at radius 1 is 1.32 bits per heavy atom. The van der Waals surface area contributed by atoms with Gasteiger partial charge in [0.2, 0.25) is 10.0 Å². The predicted molar refractivity (Wildman–Crippen MR) is 83.4 cm³/mol. The Bertz CT molecular complexity index is 863. The molecule has 1 saturated carbocycles. The second-order valence-corrected chi connectivity index (χ2v) is 7.78. The summed E-state index contributed by atoms with van der Waals surface area (Å²) in [6.07, 6.45) is 3.35. The van der Waals surface area contributed by atoms with Gasteiger partial charge in [0.15, 0.2) is 0 Å². The van der Waals surface area contributed by atoms with Crippen LogP contribution in [0.15, 0.2) is 41.4 Å². The van der Waals surface area contributed by atoms with Crippen molar-refractivity contribution in [3.63, 3.8) is 0 Å². The highest BCUT2D eigenvalue weighted by Crippen LogP contribution is 2.44. The van der Waals surface area contributed by atoms with E-state index < -0.39 is 15.6 Å². The molecule has 0 unspecified atom stereocenters. The second-order valence-electron chi connectivity index (χ2n) is 5.84. The molecule has 1 aliphatic carbocycles. The van der Waals surface area contributed by atoms with Gasteiger partial charge in [-0.05, 0) is 37.8 Å². The van der Waals surface area contributed by atoms with Crippen LogP contribution in [0, 0.1) is 17.2 Å². The molecular formula is C16H17N3O2S. The predicted octanol–water partition coefficient (Wildman–Crippen LogP) is 2.55. The van der Waals surface area contributed by atoms with E-state index in [0.29, 0.717) is 5.52 Å². The first-order chi connectivity index (χ1) is 10.4. The van der Waals surface area contributed by atoms with Gasteiger partial charge in [0.05, 0.1) is 11.6 Å². The van der Waals surface area contributed by atoms with Crippen molar-refractivity contribution in [1.82, 2.24) is 9.29 Å². The average Bonchev–Trinajstić information content (AvgIpc) is 3.38. The molecular weight excluding hydrogens is 298 g/mol. The molecule has 1 atom stereocenters. The van der Waals surface area contributed by atoms with E-state index in [1.54, 1.807) is 31.3 Å². The highest BCUT2D eigenvalue weighted by Gasteiger charge is 2.49. The van der Waals surface area contributed by atoms with Crippen LogP contribution in [0.25, 0.3) is 10.9 Å². The molecule has 5 nitrogen and oxygen atoms in total. The van der Waals surface area contributed by atoms with Crippen LogP contribution in [0.5, 0.6) is 0 Å². The first-order valence-electron chi connectivity index (χ1n) is 7.15. The van der Waals surface area contributed by atoms with E-state index in [1.165, 1.54) is 11.4 Å². The van der Waals surface area contributed by atoms with E-state index in [4.69, 9.17) is 0 Å². The summed E-state index contributed by atoms with van der Waals surface area (Å²) < 4.78 is 27.2. The number of fused-ring (bicyclic) bond motifs is 1. The lowest BCUT2D eigenvalue weighted by molar-refractivity contribution is 0.277. The quantitative estimate of drug-likeness (QED) is 0.869. The summed E-state index contributed by atoms with van der Waals surface area (Å²) in [5, 5.41) is 10.3. The maximum Gasteiger partial charge on any atom is 0.246 e. The van der Waals surface area contributed by atoms with Crippen molar-refractivity contribution in [2.24, 2.45) is 5.92 Å². The minimum atomic E-state index is -3.79. The standard InChI is InChI=1S/C16H17N3O2S/c1-16(11-17,13-8-9-13)19(2)22(20,21)14-7-3-5-12-6-4-10-18-15(12)14/h3-7,10,13H,8-9H2,1-2H3/t16-/m0/s1. The third-order valence-electron chi connectivity index (χ3n) is 4.49. The fraction of sp³-hybridized carbons (Fsp3) is 0.375. The lowest BCUT2D eigenvalue weighted by Crippen LogP contribution is -2.47. The lowest BCUT2D eigenvalue weighted by atomic mass is 9.99. The third-order valence-corrected chi connectivity index (χ3v) is 6.47. The Balaban J connectivity index is 2.15. The first-order valence-corrected chi connectivity index (χ1v) is 8.59. The van der Waals surface area contributed by atoms with Crippen LogP contribution < -0.4 is 0 Å². The number of nitrogens with zero attached hydrogens (tertiary/aromatic N) is 3. The summed E-state index contributed by atoms with van der Waals surface area (Å²) in [7, 11) is -2.31. The van der Waals surface area contributed by atoms with E-state index in [-0.39, 0.29) is 10.8 Å².